The molecule has 1 aliphatic heterocycles. The van der Waals surface area contributed by atoms with Crippen molar-refractivity contribution < 1.29 is 13.2 Å². The predicted octanol–water partition coefficient (Wildman–Crippen LogP) is 1.83. The Kier molecular flexibility index (Phi) is 5.06. The molecule has 0 spiro atoms. The minimum atomic E-state index is -3.53. The highest BCUT2D eigenvalue weighted by Crippen LogP contribution is 2.31. The Morgan fingerprint density at radius 1 is 1.45 bits per heavy atom. The van der Waals surface area contributed by atoms with E-state index in [1.165, 1.54) is 11.4 Å². The number of hydrogen-bond donors (Lipinski definition) is 1. The number of rotatable bonds is 4. The lowest BCUT2D eigenvalue weighted by atomic mass is 10.1. The van der Waals surface area contributed by atoms with Crippen LogP contribution in [0.5, 0.6) is 5.75 Å². The van der Waals surface area contributed by atoms with Crippen molar-refractivity contribution in [1.29, 1.82) is 0 Å². The van der Waals surface area contributed by atoms with Crippen LogP contribution in [0, 0.1) is 0 Å². The van der Waals surface area contributed by atoms with Crippen LogP contribution in [0.15, 0.2) is 27.6 Å². The lowest BCUT2D eigenvalue weighted by Crippen LogP contribution is -2.46. The molecule has 5 nitrogen and oxygen atoms in total. The molecule has 0 aliphatic carbocycles. The van der Waals surface area contributed by atoms with Crippen LogP contribution in [-0.4, -0.2) is 46.0 Å². The molecular weight excluding hydrogens is 344 g/mol. The molecule has 7 heteroatoms. The van der Waals surface area contributed by atoms with Crippen molar-refractivity contribution >= 4 is 26.0 Å². The minimum Gasteiger partial charge on any atom is -0.495 e. The monoisotopic (exact) mass is 362 g/mol. The Balaban J connectivity index is 2.37. The van der Waals surface area contributed by atoms with Crippen LogP contribution in [0.2, 0.25) is 0 Å². The van der Waals surface area contributed by atoms with E-state index in [-0.39, 0.29) is 10.9 Å². The van der Waals surface area contributed by atoms with Gasteiger partial charge in [-0.05, 0) is 38.1 Å². The average Bonchev–Trinajstić information content (AvgIpc) is 2.47. The Bertz CT molecular complexity index is 577. The van der Waals surface area contributed by atoms with Crippen molar-refractivity contribution in [3.05, 3.63) is 22.7 Å². The number of ether oxygens (including phenoxy) is 1. The van der Waals surface area contributed by atoms with E-state index in [0.717, 1.165) is 17.3 Å². The lowest BCUT2D eigenvalue weighted by molar-refractivity contribution is 0.291. The predicted molar refractivity (Wildman–Crippen MR) is 81.5 cm³/mol. The second-order valence-corrected chi connectivity index (χ2v) is 7.61. The smallest absolute Gasteiger partial charge is 0.246 e. The van der Waals surface area contributed by atoms with Crippen molar-refractivity contribution in [3.63, 3.8) is 0 Å². The van der Waals surface area contributed by atoms with Crippen LogP contribution in [0.4, 0.5) is 0 Å². The molecule has 1 heterocycles. The molecule has 2 rings (SSSR count). The van der Waals surface area contributed by atoms with Crippen LogP contribution in [0.1, 0.15) is 12.8 Å². The van der Waals surface area contributed by atoms with Gasteiger partial charge >= 0.3 is 0 Å². The number of benzene rings is 1. The maximum Gasteiger partial charge on any atom is 0.246 e. The summed E-state index contributed by atoms with van der Waals surface area (Å²) in [5.74, 6) is 0.375. The van der Waals surface area contributed by atoms with E-state index in [2.05, 4.69) is 21.2 Å². The molecule has 0 unspecified atom stereocenters. The molecule has 0 radical (unpaired) electrons. The summed E-state index contributed by atoms with van der Waals surface area (Å²) in [6, 6.07) is 5.23. The number of halogens is 1. The van der Waals surface area contributed by atoms with Gasteiger partial charge in [-0.15, -0.1) is 0 Å². The zero-order valence-electron chi connectivity index (χ0n) is 11.6. The first-order valence-corrected chi connectivity index (χ1v) is 8.73. The first-order valence-electron chi connectivity index (χ1n) is 6.50. The third kappa shape index (κ3) is 3.16. The number of likely N-dealkylation sites (N-methyl/N-ethyl adjacent to an activating group) is 1. The highest BCUT2D eigenvalue weighted by atomic mass is 79.9. The summed E-state index contributed by atoms with van der Waals surface area (Å²) in [6.07, 6.45) is 1.86. The van der Waals surface area contributed by atoms with Gasteiger partial charge in [0.25, 0.3) is 0 Å². The zero-order chi connectivity index (χ0) is 14.8. The number of nitrogens with one attached hydrogen (secondary N) is 1. The van der Waals surface area contributed by atoms with Crippen LogP contribution >= 0.6 is 15.9 Å². The molecule has 1 fully saturated rings. The molecule has 0 aromatic heterocycles. The van der Waals surface area contributed by atoms with Crippen molar-refractivity contribution in [2.75, 3.05) is 27.2 Å². The van der Waals surface area contributed by atoms with Gasteiger partial charge in [-0.3, -0.25) is 0 Å². The Morgan fingerprint density at radius 2 is 2.20 bits per heavy atom. The van der Waals surface area contributed by atoms with E-state index in [1.807, 2.05) is 7.05 Å². The normalized spacial score (nSPS) is 20.9. The van der Waals surface area contributed by atoms with Gasteiger partial charge in [0.2, 0.25) is 10.0 Å². The summed E-state index contributed by atoms with van der Waals surface area (Å²) >= 11 is 3.32. The van der Waals surface area contributed by atoms with E-state index in [9.17, 15) is 8.42 Å². The first kappa shape index (κ1) is 15.8. The largest absolute Gasteiger partial charge is 0.495 e. The van der Waals surface area contributed by atoms with Gasteiger partial charge in [-0.1, -0.05) is 15.9 Å². The molecule has 1 aromatic carbocycles. The summed E-state index contributed by atoms with van der Waals surface area (Å²) in [7, 11) is -0.189. The van der Waals surface area contributed by atoms with Gasteiger partial charge in [0.05, 0.1) is 7.11 Å². The Labute approximate surface area is 128 Å². The molecule has 1 saturated heterocycles. The van der Waals surface area contributed by atoms with Gasteiger partial charge < -0.3 is 10.1 Å². The fraction of sp³-hybridized carbons (Fsp3) is 0.538. The second-order valence-electron chi connectivity index (χ2n) is 4.79. The topological polar surface area (TPSA) is 58.6 Å². The average molecular weight is 363 g/mol. The van der Waals surface area contributed by atoms with E-state index in [4.69, 9.17) is 4.74 Å². The fourth-order valence-electron chi connectivity index (χ4n) is 2.39. The van der Waals surface area contributed by atoms with Crippen LogP contribution in [0.25, 0.3) is 0 Å². The summed E-state index contributed by atoms with van der Waals surface area (Å²) in [6.45, 7) is 1.05. The maximum atomic E-state index is 12.8. The molecular formula is C13H19BrN2O3S. The van der Waals surface area contributed by atoms with E-state index < -0.39 is 10.0 Å². The summed E-state index contributed by atoms with van der Waals surface area (Å²) in [5.41, 5.74) is 0. The lowest BCUT2D eigenvalue weighted by Gasteiger charge is -2.32. The molecule has 20 heavy (non-hydrogen) atoms. The van der Waals surface area contributed by atoms with E-state index >= 15 is 0 Å². The molecule has 1 N–H and O–H groups in total. The van der Waals surface area contributed by atoms with Crippen molar-refractivity contribution in [1.82, 2.24) is 9.62 Å². The van der Waals surface area contributed by atoms with Crippen molar-refractivity contribution in [2.45, 2.75) is 23.8 Å². The highest BCUT2D eigenvalue weighted by molar-refractivity contribution is 9.10. The zero-order valence-corrected chi connectivity index (χ0v) is 14.0. The number of methoxy groups -OCH3 is 1. The number of nitrogens with zero attached hydrogens (tertiary/aromatic N) is 1. The molecule has 0 bridgehead atoms. The molecule has 112 valence electrons. The standard InChI is InChI=1S/C13H19BrN2O3S/c1-15-11-4-3-7-16(9-11)20(17,18)13-8-10(14)5-6-12(13)19-2/h5-6,8,11,15H,3-4,7,9H2,1-2H3/t11-/m0/s1. The quantitative estimate of drug-likeness (QED) is 0.887. The fourth-order valence-corrected chi connectivity index (χ4v) is 4.61. The van der Waals surface area contributed by atoms with Crippen LogP contribution in [0.3, 0.4) is 0 Å². The third-order valence-electron chi connectivity index (χ3n) is 3.54. The van der Waals surface area contributed by atoms with E-state index in [0.29, 0.717) is 18.8 Å². The molecule has 1 aromatic rings. The second kappa shape index (κ2) is 6.43. The van der Waals surface area contributed by atoms with Crippen LogP contribution in [-0.2, 0) is 10.0 Å². The van der Waals surface area contributed by atoms with Gasteiger partial charge in [-0.2, -0.15) is 4.31 Å². The van der Waals surface area contributed by atoms with Crippen molar-refractivity contribution in [2.24, 2.45) is 0 Å². The molecule has 1 atom stereocenters. The SMILES string of the molecule is CN[C@H]1CCCN(S(=O)(=O)c2cc(Br)ccc2OC)C1. The van der Waals surface area contributed by atoms with Crippen LogP contribution < -0.4 is 10.1 Å². The number of hydrogen-bond acceptors (Lipinski definition) is 4. The first-order chi connectivity index (χ1) is 9.48. The highest BCUT2D eigenvalue weighted by Gasteiger charge is 2.31. The van der Waals surface area contributed by atoms with Gasteiger partial charge in [0.1, 0.15) is 10.6 Å². The summed E-state index contributed by atoms with van der Waals surface area (Å²) in [4.78, 5) is 0.214. The van der Waals surface area contributed by atoms with E-state index in [1.54, 1.807) is 18.2 Å². The Morgan fingerprint density at radius 3 is 2.85 bits per heavy atom. The van der Waals surface area contributed by atoms with Gasteiger partial charge in [-0.25, -0.2) is 8.42 Å². The van der Waals surface area contributed by atoms with Gasteiger partial charge in [0, 0.05) is 23.6 Å². The molecule has 0 saturated carbocycles. The van der Waals surface area contributed by atoms with Crippen molar-refractivity contribution in [3.8, 4) is 5.75 Å². The maximum absolute atomic E-state index is 12.8. The minimum absolute atomic E-state index is 0.205. The third-order valence-corrected chi connectivity index (χ3v) is 5.92. The summed E-state index contributed by atoms with van der Waals surface area (Å²) < 4.78 is 33.0. The molecule has 1 aliphatic rings. The Hall–Kier alpha value is -0.630. The number of sulfonamides is 1. The number of piperidine rings is 1. The van der Waals surface area contributed by atoms with Gasteiger partial charge in [0.15, 0.2) is 0 Å². The molecule has 0 amide bonds. The summed E-state index contributed by atoms with van der Waals surface area (Å²) in [5, 5.41) is 3.15.